The number of aryl methyl sites for hydroxylation is 1. The number of benzene rings is 2. The fourth-order valence-corrected chi connectivity index (χ4v) is 5.60. The van der Waals surface area contributed by atoms with Gasteiger partial charge in [-0.3, -0.25) is 4.79 Å². The van der Waals surface area contributed by atoms with Gasteiger partial charge >= 0.3 is 0 Å². The quantitative estimate of drug-likeness (QED) is 0.516. The zero-order chi connectivity index (χ0) is 22.6. The van der Waals surface area contributed by atoms with Crippen molar-refractivity contribution in [2.75, 3.05) is 11.4 Å². The van der Waals surface area contributed by atoms with Gasteiger partial charge in [0.15, 0.2) is 0 Å². The zero-order valence-electron chi connectivity index (χ0n) is 18.5. The maximum atomic E-state index is 12.9. The summed E-state index contributed by atoms with van der Waals surface area (Å²) in [6, 6.07) is 20.0. The molecule has 0 unspecified atom stereocenters. The molecular formula is C26H24N6O. The Balaban J connectivity index is 1.59. The predicted molar refractivity (Wildman–Crippen MR) is 127 cm³/mol. The van der Waals surface area contributed by atoms with Gasteiger partial charge in [0.05, 0.1) is 34.4 Å². The molecule has 0 spiro atoms. The number of nitriles is 1. The SMILES string of the molecule is Cc1nn(-c2ccccc2)c2c1C[C@@](C#N)(c1nc3ccccc3c(=O)[nH]1)[C@H]1CCCCN21. The Kier molecular flexibility index (Phi) is 4.37. The number of rotatable bonds is 2. The van der Waals surface area contributed by atoms with E-state index in [9.17, 15) is 10.1 Å². The van der Waals surface area contributed by atoms with E-state index in [1.807, 2.05) is 48.0 Å². The molecule has 1 fully saturated rings. The Morgan fingerprint density at radius 1 is 1.12 bits per heavy atom. The molecule has 2 aliphatic rings. The predicted octanol–water partition coefficient (Wildman–Crippen LogP) is 3.79. The third-order valence-corrected chi connectivity index (χ3v) is 7.19. The molecule has 2 atom stereocenters. The molecule has 1 N–H and O–H groups in total. The van der Waals surface area contributed by atoms with Crippen LogP contribution >= 0.6 is 0 Å². The smallest absolute Gasteiger partial charge is 0.258 e. The Morgan fingerprint density at radius 3 is 2.73 bits per heavy atom. The molecule has 6 rings (SSSR count). The molecule has 7 heteroatoms. The number of para-hydroxylation sites is 2. The highest BCUT2D eigenvalue weighted by Gasteiger charge is 2.53. The van der Waals surface area contributed by atoms with Crippen LogP contribution < -0.4 is 10.5 Å². The molecule has 0 saturated carbocycles. The van der Waals surface area contributed by atoms with Gasteiger partial charge in [-0.15, -0.1) is 0 Å². The second-order valence-electron chi connectivity index (χ2n) is 9.03. The van der Waals surface area contributed by atoms with Crippen LogP contribution in [0.1, 0.15) is 36.3 Å². The molecule has 0 amide bonds. The summed E-state index contributed by atoms with van der Waals surface area (Å²) in [5.41, 5.74) is 2.43. The molecule has 0 bridgehead atoms. The minimum Gasteiger partial charge on any atom is -0.351 e. The molecule has 7 nitrogen and oxygen atoms in total. The number of hydrogen-bond donors (Lipinski definition) is 1. The van der Waals surface area contributed by atoms with Gasteiger partial charge in [-0.25, -0.2) is 9.67 Å². The highest BCUT2D eigenvalue weighted by Crippen LogP contribution is 2.47. The van der Waals surface area contributed by atoms with Crippen LogP contribution in [0.4, 0.5) is 5.82 Å². The first-order valence-corrected chi connectivity index (χ1v) is 11.4. The minimum absolute atomic E-state index is 0.0911. The number of fused-ring (bicyclic) bond motifs is 4. The highest BCUT2D eigenvalue weighted by atomic mass is 16.1. The van der Waals surface area contributed by atoms with Crippen molar-refractivity contribution in [2.24, 2.45) is 0 Å². The maximum absolute atomic E-state index is 12.9. The topological polar surface area (TPSA) is 90.6 Å². The van der Waals surface area contributed by atoms with Crippen molar-refractivity contribution in [3.05, 3.63) is 82.0 Å². The maximum Gasteiger partial charge on any atom is 0.258 e. The summed E-state index contributed by atoms with van der Waals surface area (Å²) in [7, 11) is 0. The second-order valence-corrected chi connectivity index (χ2v) is 9.03. The van der Waals surface area contributed by atoms with Crippen LogP contribution in [-0.4, -0.2) is 32.3 Å². The van der Waals surface area contributed by atoms with E-state index in [0.717, 1.165) is 48.6 Å². The molecule has 164 valence electrons. The minimum atomic E-state index is -0.952. The average molecular weight is 437 g/mol. The lowest BCUT2D eigenvalue weighted by Crippen LogP contribution is -2.58. The summed E-state index contributed by atoms with van der Waals surface area (Å²) in [6.45, 7) is 2.85. The van der Waals surface area contributed by atoms with Gasteiger partial charge in [-0.05, 0) is 50.5 Å². The second kappa shape index (κ2) is 7.31. The van der Waals surface area contributed by atoms with E-state index in [-0.39, 0.29) is 11.6 Å². The first-order chi connectivity index (χ1) is 16.1. The van der Waals surface area contributed by atoms with Crippen molar-refractivity contribution < 1.29 is 0 Å². The highest BCUT2D eigenvalue weighted by molar-refractivity contribution is 5.77. The van der Waals surface area contributed by atoms with Crippen molar-refractivity contribution in [1.29, 1.82) is 5.26 Å². The molecule has 0 radical (unpaired) electrons. The molecule has 2 aromatic heterocycles. The van der Waals surface area contributed by atoms with Crippen molar-refractivity contribution in [3.63, 3.8) is 0 Å². The van der Waals surface area contributed by atoms with Gasteiger partial charge in [0.25, 0.3) is 5.56 Å². The third kappa shape index (κ3) is 2.83. The molecule has 33 heavy (non-hydrogen) atoms. The van der Waals surface area contributed by atoms with Crippen LogP contribution in [-0.2, 0) is 11.8 Å². The van der Waals surface area contributed by atoms with E-state index in [1.54, 1.807) is 6.07 Å². The van der Waals surface area contributed by atoms with Gasteiger partial charge in [-0.1, -0.05) is 30.3 Å². The van der Waals surface area contributed by atoms with Crippen LogP contribution in [0.3, 0.4) is 0 Å². The molecule has 2 aromatic carbocycles. The van der Waals surface area contributed by atoms with Crippen LogP contribution in [0.25, 0.3) is 16.6 Å². The lowest BCUT2D eigenvalue weighted by Gasteiger charge is -2.49. The molecule has 0 aliphatic carbocycles. The zero-order valence-corrected chi connectivity index (χ0v) is 18.5. The molecule has 4 heterocycles. The van der Waals surface area contributed by atoms with Crippen molar-refractivity contribution in [2.45, 2.75) is 44.1 Å². The monoisotopic (exact) mass is 436 g/mol. The molecule has 1 saturated heterocycles. The first kappa shape index (κ1) is 19.7. The van der Waals surface area contributed by atoms with Crippen molar-refractivity contribution >= 4 is 16.7 Å². The fourth-order valence-electron chi connectivity index (χ4n) is 5.60. The third-order valence-electron chi connectivity index (χ3n) is 7.19. The van der Waals surface area contributed by atoms with Gasteiger partial charge in [0.2, 0.25) is 0 Å². The lowest BCUT2D eigenvalue weighted by molar-refractivity contribution is 0.309. The number of nitrogens with one attached hydrogen (secondary N) is 1. The molecule has 2 aliphatic heterocycles. The van der Waals surface area contributed by atoms with E-state index < -0.39 is 5.41 Å². The Hall–Kier alpha value is -3.92. The summed E-state index contributed by atoms with van der Waals surface area (Å²) in [6.07, 6.45) is 3.43. The van der Waals surface area contributed by atoms with E-state index in [4.69, 9.17) is 10.1 Å². The number of nitrogens with zero attached hydrogens (tertiary/aromatic N) is 5. The van der Waals surface area contributed by atoms with E-state index in [2.05, 4.69) is 28.1 Å². The van der Waals surface area contributed by atoms with E-state index in [1.165, 1.54) is 0 Å². The number of H-pyrrole nitrogens is 1. The van der Waals surface area contributed by atoms with Crippen LogP contribution in [0.2, 0.25) is 0 Å². The number of hydrogen-bond acceptors (Lipinski definition) is 5. The summed E-state index contributed by atoms with van der Waals surface area (Å²) in [5.74, 6) is 1.53. The number of aromatic nitrogens is 4. The summed E-state index contributed by atoms with van der Waals surface area (Å²) in [4.78, 5) is 23.1. The molecular weight excluding hydrogens is 412 g/mol. The average Bonchev–Trinajstić information content (AvgIpc) is 3.20. The Morgan fingerprint density at radius 2 is 1.91 bits per heavy atom. The standard InChI is InChI=1S/C26H24N6O/c1-17-20-15-26(16-27,25-28-21-12-6-5-11-19(21)23(33)29-25)22-13-7-8-14-31(22)24(20)32(30-17)18-9-3-2-4-10-18/h2-6,9-12,22H,7-8,13-15H2,1H3,(H,28,29,33)/t22-,26+/m1/s1. The van der Waals surface area contributed by atoms with Crippen LogP contribution in [0, 0.1) is 18.3 Å². The van der Waals surface area contributed by atoms with Crippen LogP contribution in [0.5, 0.6) is 0 Å². The van der Waals surface area contributed by atoms with Crippen LogP contribution in [0.15, 0.2) is 59.4 Å². The number of piperidine rings is 1. The fraction of sp³-hybridized carbons (Fsp3) is 0.308. The summed E-state index contributed by atoms with van der Waals surface area (Å²) < 4.78 is 2.01. The number of anilines is 1. The van der Waals surface area contributed by atoms with E-state index >= 15 is 0 Å². The van der Waals surface area contributed by atoms with Gasteiger partial charge < -0.3 is 9.88 Å². The Bertz CT molecular complexity index is 1460. The largest absolute Gasteiger partial charge is 0.351 e. The van der Waals surface area contributed by atoms with Crippen molar-refractivity contribution in [1.82, 2.24) is 19.7 Å². The normalized spacial score (nSPS) is 21.9. The first-order valence-electron chi connectivity index (χ1n) is 11.4. The van der Waals surface area contributed by atoms with Crippen molar-refractivity contribution in [3.8, 4) is 11.8 Å². The van der Waals surface area contributed by atoms with E-state index in [0.29, 0.717) is 23.1 Å². The summed E-state index contributed by atoms with van der Waals surface area (Å²) >= 11 is 0. The van der Waals surface area contributed by atoms with Gasteiger partial charge in [0.1, 0.15) is 17.1 Å². The Labute approximate surface area is 191 Å². The summed E-state index contributed by atoms with van der Waals surface area (Å²) in [5, 5.41) is 16.1. The van der Waals surface area contributed by atoms with Gasteiger partial charge in [0, 0.05) is 18.5 Å². The molecule has 4 aromatic rings. The lowest BCUT2D eigenvalue weighted by atomic mass is 9.69. The van der Waals surface area contributed by atoms with Gasteiger partial charge in [-0.2, -0.15) is 10.4 Å². The number of aromatic amines is 1.